The molecule has 9 nitrogen and oxygen atoms in total. The number of methoxy groups -OCH3 is 1. The van der Waals surface area contributed by atoms with E-state index in [1.807, 2.05) is 0 Å². The Morgan fingerprint density at radius 3 is 2.66 bits per heavy atom. The number of nitrogens with zero attached hydrogens (tertiary/aromatic N) is 2. The summed E-state index contributed by atoms with van der Waals surface area (Å²) in [5, 5.41) is 5.43. The van der Waals surface area contributed by atoms with Gasteiger partial charge in [0, 0.05) is 19.6 Å². The van der Waals surface area contributed by atoms with Gasteiger partial charge in [-0.1, -0.05) is 12.1 Å². The van der Waals surface area contributed by atoms with E-state index in [2.05, 4.69) is 15.5 Å². The zero-order valence-corrected chi connectivity index (χ0v) is 16.7. The molecule has 0 aliphatic carbocycles. The quantitative estimate of drug-likeness (QED) is 0.455. The average Bonchev–Trinajstić information content (AvgIpc) is 3.00. The van der Waals surface area contributed by atoms with Crippen molar-refractivity contribution in [1.82, 2.24) is 20.4 Å². The number of rotatable bonds is 9. The monoisotopic (exact) mass is 404 g/mol. The Kier molecular flexibility index (Phi) is 7.42. The van der Waals surface area contributed by atoms with Gasteiger partial charge in [-0.25, -0.2) is 4.79 Å². The molecule has 2 fully saturated rings. The van der Waals surface area contributed by atoms with E-state index in [0.717, 1.165) is 49.7 Å². The summed E-state index contributed by atoms with van der Waals surface area (Å²) >= 11 is 0. The highest BCUT2D eigenvalue weighted by atomic mass is 16.5. The summed E-state index contributed by atoms with van der Waals surface area (Å²) in [6.07, 6.45) is 0.779. The first-order valence-corrected chi connectivity index (χ1v) is 9.88. The lowest BCUT2D eigenvalue weighted by atomic mass is 10.1. The van der Waals surface area contributed by atoms with E-state index in [4.69, 9.17) is 9.47 Å². The van der Waals surface area contributed by atoms with Crippen molar-refractivity contribution < 1.29 is 23.9 Å². The Hall–Kier alpha value is -2.65. The first-order chi connectivity index (χ1) is 14.1. The third-order valence-electron chi connectivity index (χ3n) is 5.07. The lowest BCUT2D eigenvalue weighted by molar-refractivity contribution is -0.131. The molecule has 2 N–H and O–H groups in total. The fraction of sp³-hybridized carbons (Fsp3) is 0.550. The number of carbonyl (C=O) groups is 3. The Bertz CT molecular complexity index is 718. The smallest absolute Gasteiger partial charge is 0.325 e. The molecule has 2 aliphatic heterocycles. The number of imide groups is 1. The maximum absolute atomic E-state index is 12.5. The van der Waals surface area contributed by atoms with E-state index < -0.39 is 12.1 Å². The minimum absolute atomic E-state index is 0.0543. The summed E-state index contributed by atoms with van der Waals surface area (Å²) in [6, 6.07) is 5.85. The summed E-state index contributed by atoms with van der Waals surface area (Å²) in [5.41, 5.74) is 0.808. The predicted molar refractivity (Wildman–Crippen MR) is 105 cm³/mol. The largest absolute Gasteiger partial charge is 0.497 e. The van der Waals surface area contributed by atoms with Gasteiger partial charge in [0.1, 0.15) is 11.8 Å². The van der Waals surface area contributed by atoms with Crippen LogP contribution in [0.15, 0.2) is 24.3 Å². The van der Waals surface area contributed by atoms with E-state index in [0.29, 0.717) is 12.3 Å². The van der Waals surface area contributed by atoms with Crippen molar-refractivity contribution in [3.63, 3.8) is 0 Å². The Morgan fingerprint density at radius 2 is 1.97 bits per heavy atom. The average molecular weight is 404 g/mol. The lowest BCUT2D eigenvalue weighted by Crippen LogP contribution is -2.39. The van der Waals surface area contributed by atoms with Crippen molar-refractivity contribution in [2.24, 2.45) is 0 Å². The van der Waals surface area contributed by atoms with Crippen LogP contribution in [0.4, 0.5) is 4.79 Å². The molecule has 0 bridgehead atoms. The van der Waals surface area contributed by atoms with Crippen molar-refractivity contribution in [2.45, 2.75) is 25.4 Å². The second-order valence-electron chi connectivity index (χ2n) is 7.14. The molecule has 1 aromatic rings. The van der Waals surface area contributed by atoms with Gasteiger partial charge in [-0.15, -0.1) is 0 Å². The van der Waals surface area contributed by atoms with Gasteiger partial charge >= 0.3 is 6.03 Å². The molecule has 2 heterocycles. The Balaban J connectivity index is 1.40. The number of urea groups is 1. The number of morpholine rings is 1. The fourth-order valence-corrected chi connectivity index (χ4v) is 3.39. The first-order valence-electron chi connectivity index (χ1n) is 9.88. The van der Waals surface area contributed by atoms with Crippen LogP contribution >= 0.6 is 0 Å². The molecule has 158 valence electrons. The van der Waals surface area contributed by atoms with Crippen LogP contribution in [0.3, 0.4) is 0 Å². The highest BCUT2D eigenvalue weighted by Gasteiger charge is 2.38. The maximum Gasteiger partial charge on any atom is 0.325 e. The number of nitrogens with one attached hydrogen (secondary N) is 2. The molecule has 1 aromatic carbocycles. The molecule has 2 aliphatic rings. The molecule has 0 spiro atoms. The number of ether oxygens (including phenoxy) is 2. The second-order valence-corrected chi connectivity index (χ2v) is 7.14. The van der Waals surface area contributed by atoms with Crippen LogP contribution in [0, 0.1) is 0 Å². The summed E-state index contributed by atoms with van der Waals surface area (Å²) in [7, 11) is 1.57. The summed E-state index contributed by atoms with van der Waals surface area (Å²) in [6.45, 7) is 4.94. The van der Waals surface area contributed by atoms with Gasteiger partial charge in [0.2, 0.25) is 5.91 Å². The molecule has 1 atom stereocenters. The molecule has 3 rings (SSSR count). The first kappa shape index (κ1) is 21.1. The molecule has 0 saturated carbocycles. The summed E-state index contributed by atoms with van der Waals surface area (Å²) in [4.78, 5) is 40.3. The molecule has 0 radical (unpaired) electrons. The van der Waals surface area contributed by atoms with Crippen molar-refractivity contribution in [1.29, 1.82) is 0 Å². The van der Waals surface area contributed by atoms with Crippen LogP contribution in [0.2, 0.25) is 0 Å². The van der Waals surface area contributed by atoms with Crippen molar-refractivity contribution in [3.05, 3.63) is 29.8 Å². The third-order valence-corrected chi connectivity index (χ3v) is 5.07. The van der Waals surface area contributed by atoms with Crippen LogP contribution in [0.5, 0.6) is 5.75 Å². The number of amides is 4. The second kappa shape index (κ2) is 10.2. The molecular formula is C20H28N4O5. The standard InChI is InChI=1S/C20H28N4O5/c1-28-16-5-3-15(4-6-16)14-24-19(26)17(22-20(24)27)13-18(25)21-7-2-8-23-9-11-29-12-10-23/h3-6,17H,2,7-14H2,1H3,(H,21,25)(H,22,27). The Morgan fingerprint density at radius 1 is 1.24 bits per heavy atom. The third kappa shape index (κ3) is 5.91. The van der Waals surface area contributed by atoms with Gasteiger partial charge < -0.3 is 20.1 Å². The molecular weight excluding hydrogens is 376 g/mol. The summed E-state index contributed by atoms with van der Waals surface area (Å²) in [5.74, 6) is 0.0836. The number of benzene rings is 1. The van der Waals surface area contributed by atoms with Gasteiger partial charge in [-0.05, 0) is 30.7 Å². The molecule has 0 aromatic heterocycles. The van der Waals surface area contributed by atoms with E-state index in [1.54, 1.807) is 31.4 Å². The number of hydrogen-bond acceptors (Lipinski definition) is 6. The SMILES string of the molecule is COc1ccc(CN2C(=O)NC(CC(=O)NCCCN3CCOCC3)C2=O)cc1. The van der Waals surface area contributed by atoms with Gasteiger partial charge in [0.25, 0.3) is 5.91 Å². The number of carbonyl (C=O) groups excluding carboxylic acids is 3. The van der Waals surface area contributed by atoms with E-state index in [-0.39, 0.29) is 24.8 Å². The maximum atomic E-state index is 12.5. The van der Waals surface area contributed by atoms with Crippen LogP contribution in [-0.2, 0) is 20.9 Å². The van der Waals surface area contributed by atoms with Crippen molar-refractivity contribution in [3.8, 4) is 5.75 Å². The van der Waals surface area contributed by atoms with E-state index in [9.17, 15) is 14.4 Å². The fourth-order valence-electron chi connectivity index (χ4n) is 3.39. The molecule has 2 saturated heterocycles. The van der Waals surface area contributed by atoms with Crippen molar-refractivity contribution >= 4 is 17.8 Å². The minimum atomic E-state index is -0.819. The normalized spacial score (nSPS) is 19.9. The molecule has 9 heteroatoms. The zero-order chi connectivity index (χ0) is 20.6. The molecule has 29 heavy (non-hydrogen) atoms. The van der Waals surface area contributed by atoms with Crippen molar-refractivity contribution in [2.75, 3.05) is 46.5 Å². The topological polar surface area (TPSA) is 100 Å². The highest BCUT2D eigenvalue weighted by molar-refractivity contribution is 6.05. The minimum Gasteiger partial charge on any atom is -0.497 e. The Labute approximate surface area is 170 Å². The van der Waals surface area contributed by atoms with Crippen LogP contribution in [0.25, 0.3) is 0 Å². The van der Waals surface area contributed by atoms with Crippen LogP contribution in [0.1, 0.15) is 18.4 Å². The molecule has 1 unspecified atom stereocenters. The van der Waals surface area contributed by atoms with Crippen LogP contribution in [-0.4, -0.2) is 80.2 Å². The van der Waals surface area contributed by atoms with Crippen LogP contribution < -0.4 is 15.4 Å². The van der Waals surface area contributed by atoms with E-state index >= 15 is 0 Å². The lowest BCUT2D eigenvalue weighted by Gasteiger charge is -2.26. The van der Waals surface area contributed by atoms with Gasteiger partial charge in [0.05, 0.1) is 33.3 Å². The summed E-state index contributed by atoms with van der Waals surface area (Å²) < 4.78 is 10.4. The highest BCUT2D eigenvalue weighted by Crippen LogP contribution is 2.17. The molecule has 4 amide bonds. The van der Waals surface area contributed by atoms with E-state index in [1.165, 1.54) is 0 Å². The predicted octanol–water partition coefficient (Wildman–Crippen LogP) is 0.344. The van der Waals surface area contributed by atoms with Gasteiger partial charge in [0.15, 0.2) is 0 Å². The van der Waals surface area contributed by atoms with Gasteiger partial charge in [-0.3, -0.25) is 19.4 Å². The van der Waals surface area contributed by atoms with Gasteiger partial charge in [-0.2, -0.15) is 0 Å². The zero-order valence-electron chi connectivity index (χ0n) is 16.7. The number of hydrogen-bond donors (Lipinski definition) is 2.